The summed E-state index contributed by atoms with van der Waals surface area (Å²) in [6.07, 6.45) is 2.96. The van der Waals surface area contributed by atoms with E-state index in [0.29, 0.717) is 40.6 Å². The Hall–Kier alpha value is -3.28. The topological polar surface area (TPSA) is 62.2 Å². The number of nitrogens with zero attached hydrogens (tertiary/aromatic N) is 1. The number of hydrogen-bond donors (Lipinski definition) is 0. The standard InChI is InChI=1S/C23H19F2NO3/c1-13-10-15(12-14-6-2-5-9-19(14)29-23(24)25)21-17(11-13)20(22(27)28)16-7-3-4-8-18(16)26-21/h2-9,12-13,23H,10-11H2,1H3,(H,27,28)/p-1/b15-12+/t13-/m0/s1. The third kappa shape index (κ3) is 3.70. The number of carboxylic acids is 1. The molecule has 6 heteroatoms. The van der Waals surface area contributed by atoms with E-state index < -0.39 is 12.6 Å². The van der Waals surface area contributed by atoms with Crippen LogP contribution in [-0.4, -0.2) is 17.6 Å². The number of halogens is 2. The molecule has 148 valence electrons. The maximum Gasteiger partial charge on any atom is 0.387 e. The van der Waals surface area contributed by atoms with E-state index in [1.807, 2.05) is 6.92 Å². The van der Waals surface area contributed by atoms with E-state index in [1.54, 1.807) is 48.5 Å². The number of rotatable bonds is 4. The van der Waals surface area contributed by atoms with Gasteiger partial charge in [-0.3, -0.25) is 0 Å². The van der Waals surface area contributed by atoms with Crippen LogP contribution in [0, 0.1) is 5.92 Å². The maximum atomic E-state index is 12.8. The summed E-state index contributed by atoms with van der Waals surface area (Å²) in [7, 11) is 0. The predicted octanol–water partition coefficient (Wildman–Crippen LogP) is 4.32. The number of para-hydroxylation sites is 2. The van der Waals surface area contributed by atoms with Crippen molar-refractivity contribution in [2.75, 3.05) is 0 Å². The van der Waals surface area contributed by atoms with E-state index in [9.17, 15) is 18.7 Å². The fourth-order valence-electron chi connectivity index (χ4n) is 3.96. The second kappa shape index (κ2) is 7.62. The van der Waals surface area contributed by atoms with Gasteiger partial charge in [-0.05, 0) is 48.1 Å². The molecule has 3 aromatic rings. The lowest BCUT2D eigenvalue weighted by molar-refractivity contribution is -0.254. The Labute approximate surface area is 166 Å². The molecule has 0 amide bonds. The van der Waals surface area contributed by atoms with Crippen LogP contribution in [0.5, 0.6) is 5.75 Å². The summed E-state index contributed by atoms with van der Waals surface area (Å²) < 4.78 is 30.2. The molecule has 0 N–H and O–H groups in total. The number of benzene rings is 2. The minimum atomic E-state index is -2.93. The molecule has 4 nitrogen and oxygen atoms in total. The number of carboxylic acid groups (broad SMARTS) is 1. The molecule has 4 rings (SSSR count). The number of aromatic carboxylic acids is 1. The van der Waals surface area contributed by atoms with Crippen LogP contribution in [0.2, 0.25) is 0 Å². The summed E-state index contributed by atoms with van der Waals surface area (Å²) in [6.45, 7) is -0.911. The van der Waals surface area contributed by atoms with Crippen LogP contribution in [0.4, 0.5) is 8.78 Å². The Kier molecular flexibility index (Phi) is 5.01. The van der Waals surface area contributed by atoms with Crippen molar-refractivity contribution < 1.29 is 23.4 Å². The Morgan fingerprint density at radius 1 is 1.17 bits per heavy atom. The molecule has 0 unspecified atom stereocenters. The maximum absolute atomic E-state index is 12.8. The first-order valence-corrected chi connectivity index (χ1v) is 9.31. The van der Waals surface area contributed by atoms with E-state index in [0.717, 1.165) is 5.57 Å². The Bertz CT molecular complexity index is 1120. The highest BCUT2D eigenvalue weighted by molar-refractivity contribution is 6.05. The molecule has 0 aliphatic heterocycles. The smallest absolute Gasteiger partial charge is 0.387 e. The lowest BCUT2D eigenvalue weighted by Crippen LogP contribution is -2.27. The normalized spacial score (nSPS) is 17.5. The Morgan fingerprint density at radius 3 is 2.66 bits per heavy atom. The largest absolute Gasteiger partial charge is 0.545 e. The van der Waals surface area contributed by atoms with Crippen molar-refractivity contribution >= 4 is 28.5 Å². The minimum Gasteiger partial charge on any atom is -0.545 e. The van der Waals surface area contributed by atoms with Crippen molar-refractivity contribution in [3.05, 3.63) is 70.9 Å². The average Bonchev–Trinajstić information content (AvgIpc) is 2.67. The fourth-order valence-corrected chi connectivity index (χ4v) is 3.96. The van der Waals surface area contributed by atoms with Crippen molar-refractivity contribution in [2.24, 2.45) is 5.92 Å². The summed E-state index contributed by atoms with van der Waals surface area (Å²) in [5.41, 5.74) is 3.20. The molecule has 0 bridgehead atoms. The number of ether oxygens (including phenoxy) is 1. The first kappa shape index (κ1) is 19.1. The third-order valence-electron chi connectivity index (χ3n) is 5.09. The van der Waals surface area contributed by atoms with Gasteiger partial charge < -0.3 is 14.6 Å². The molecule has 1 aliphatic rings. The van der Waals surface area contributed by atoms with E-state index in [1.165, 1.54) is 6.07 Å². The highest BCUT2D eigenvalue weighted by atomic mass is 19.3. The van der Waals surface area contributed by atoms with Gasteiger partial charge in [-0.25, -0.2) is 4.98 Å². The van der Waals surface area contributed by atoms with Crippen molar-refractivity contribution in [1.82, 2.24) is 4.98 Å². The van der Waals surface area contributed by atoms with Gasteiger partial charge in [-0.2, -0.15) is 8.78 Å². The van der Waals surface area contributed by atoms with Gasteiger partial charge in [0.15, 0.2) is 0 Å². The number of carbonyl (C=O) groups is 1. The third-order valence-corrected chi connectivity index (χ3v) is 5.09. The zero-order valence-electron chi connectivity index (χ0n) is 15.7. The second-order valence-electron chi connectivity index (χ2n) is 7.22. The summed E-state index contributed by atoms with van der Waals surface area (Å²) in [4.78, 5) is 16.7. The number of carbonyl (C=O) groups excluding carboxylic acids is 1. The van der Waals surface area contributed by atoms with Crippen LogP contribution in [0.1, 0.15) is 40.5 Å². The molecule has 1 heterocycles. The van der Waals surface area contributed by atoms with Gasteiger partial charge in [0.2, 0.25) is 0 Å². The van der Waals surface area contributed by atoms with Crippen LogP contribution >= 0.6 is 0 Å². The van der Waals surface area contributed by atoms with Crippen molar-refractivity contribution in [3.63, 3.8) is 0 Å². The fraction of sp³-hybridized carbons (Fsp3) is 0.217. The molecule has 0 fully saturated rings. The molecule has 29 heavy (non-hydrogen) atoms. The Morgan fingerprint density at radius 2 is 1.90 bits per heavy atom. The second-order valence-corrected chi connectivity index (χ2v) is 7.22. The number of fused-ring (bicyclic) bond motifs is 2. The van der Waals surface area contributed by atoms with E-state index >= 15 is 0 Å². The average molecular weight is 394 g/mol. The van der Waals surface area contributed by atoms with Gasteiger partial charge in [0.25, 0.3) is 0 Å². The van der Waals surface area contributed by atoms with Gasteiger partial charge in [0, 0.05) is 16.5 Å². The van der Waals surface area contributed by atoms with Gasteiger partial charge in [0.05, 0.1) is 17.2 Å². The number of aromatic nitrogens is 1. The summed E-state index contributed by atoms with van der Waals surface area (Å²) >= 11 is 0. The zero-order chi connectivity index (χ0) is 20.5. The predicted molar refractivity (Wildman–Crippen MR) is 105 cm³/mol. The van der Waals surface area contributed by atoms with E-state index in [-0.39, 0.29) is 17.2 Å². The molecule has 1 aliphatic carbocycles. The number of alkyl halides is 2. The number of hydrogen-bond acceptors (Lipinski definition) is 4. The summed E-state index contributed by atoms with van der Waals surface area (Å²) in [6, 6.07) is 13.6. The molecule has 1 atom stereocenters. The number of pyridine rings is 1. The first-order valence-electron chi connectivity index (χ1n) is 9.31. The molecule has 1 aromatic heterocycles. The zero-order valence-corrected chi connectivity index (χ0v) is 15.7. The monoisotopic (exact) mass is 394 g/mol. The summed E-state index contributed by atoms with van der Waals surface area (Å²) in [5, 5.41) is 12.5. The van der Waals surface area contributed by atoms with E-state index in [2.05, 4.69) is 4.74 Å². The van der Waals surface area contributed by atoms with Gasteiger partial charge in [-0.15, -0.1) is 0 Å². The van der Waals surface area contributed by atoms with Crippen LogP contribution in [0.15, 0.2) is 48.5 Å². The molecule has 0 saturated carbocycles. The molecular formula is C23H18F2NO3-. The Balaban J connectivity index is 1.94. The lowest BCUT2D eigenvalue weighted by Gasteiger charge is -2.27. The molecule has 0 saturated heterocycles. The first-order chi connectivity index (χ1) is 13.9. The highest BCUT2D eigenvalue weighted by Crippen LogP contribution is 2.39. The SMILES string of the molecule is C[C@H]1C/C(=C\c2ccccc2OC(F)F)c2nc3ccccc3c(C(=O)[O-])c2C1. The summed E-state index contributed by atoms with van der Waals surface area (Å²) in [5.74, 6) is -1.01. The molecule has 2 aromatic carbocycles. The minimum absolute atomic E-state index is 0.0655. The van der Waals surface area contributed by atoms with Gasteiger partial charge >= 0.3 is 6.61 Å². The molecular weight excluding hydrogens is 376 g/mol. The van der Waals surface area contributed by atoms with Crippen LogP contribution in [0.25, 0.3) is 22.6 Å². The van der Waals surface area contributed by atoms with Crippen LogP contribution in [0.3, 0.4) is 0 Å². The number of allylic oxidation sites excluding steroid dienone is 1. The van der Waals surface area contributed by atoms with Crippen molar-refractivity contribution in [2.45, 2.75) is 26.4 Å². The molecule has 0 spiro atoms. The quantitative estimate of drug-likeness (QED) is 0.661. The van der Waals surface area contributed by atoms with Crippen molar-refractivity contribution in [1.29, 1.82) is 0 Å². The lowest BCUT2D eigenvalue weighted by atomic mass is 9.80. The van der Waals surface area contributed by atoms with Gasteiger partial charge in [0.1, 0.15) is 5.75 Å². The van der Waals surface area contributed by atoms with Crippen molar-refractivity contribution in [3.8, 4) is 5.75 Å². The van der Waals surface area contributed by atoms with Crippen LogP contribution in [-0.2, 0) is 6.42 Å². The van der Waals surface area contributed by atoms with Crippen LogP contribution < -0.4 is 9.84 Å². The van der Waals surface area contributed by atoms with Gasteiger partial charge in [-0.1, -0.05) is 43.3 Å². The van der Waals surface area contributed by atoms with E-state index in [4.69, 9.17) is 4.98 Å². The highest BCUT2D eigenvalue weighted by Gasteiger charge is 2.26. The molecule has 0 radical (unpaired) electrons.